The molecule has 0 unspecified atom stereocenters. The first-order valence-corrected chi connectivity index (χ1v) is 5.65. The predicted molar refractivity (Wildman–Crippen MR) is 71.0 cm³/mol. The van der Waals surface area contributed by atoms with Crippen LogP contribution in [0.1, 0.15) is 46.5 Å². The van der Waals surface area contributed by atoms with Gasteiger partial charge in [0.2, 0.25) is 0 Å². The van der Waals surface area contributed by atoms with Gasteiger partial charge in [-0.1, -0.05) is 41.5 Å². The summed E-state index contributed by atoms with van der Waals surface area (Å²) in [5, 5.41) is 0. The summed E-state index contributed by atoms with van der Waals surface area (Å²) in [7, 11) is 0. The quantitative estimate of drug-likeness (QED) is 0.395. The zero-order chi connectivity index (χ0) is 11.7. The lowest BCUT2D eigenvalue weighted by Gasteiger charge is -1.99. The monoisotopic (exact) mass is 204 g/mol. The van der Waals surface area contributed by atoms with E-state index in [-0.39, 0.29) is 0 Å². The van der Waals surface area contributed by atoms with Gasteiger partial charge in [0, 0.05) is 0 Å². The van der Waals surface area contributed by atoms with Crippen LogP contribution in [0.5, 0.6) is 0 Å². The van der Waals surface area contributed by atoms with Crippen molar-refractivity contribution >= 4 is 0 Å². The molecule has 0 aromatic rings. The van der Waals surface area contributed by atoms with E-state index in [1.54, 1.807) is 0 Å². The molecule has 0 saturated heterocycles. The Morgan fingerprint density at radius 3 is 2.13 bits per heavy atom. The highest BCUT2D eigenvalue weighted by Crippen LogP contribution is 2.10. The molecule has 0 aliphatic heterocycles. The van der Waals surface area contributed by atoms with E-state index in [1.165, 1.54) is 16.7 Å². The summed E-state index contributed by atoms with van der Waals surface area (Å²) in [6, 6.07) is 0. The molecular formula is C15H24. The number of hydrogen-bond acceptors (Lipinski definition) is 0. The second-order valence-corrected chi connectivity index (χ2v) is 4.24. The molecule has 0 atom stereocenters. The van der Waals surface area contributed by atoms with Crippen molar-refractivity contribution in [3.05, 3.63) is 48.1 Å². The van der Waals surface area contributed by atoms with Gasteiger partial charge >= 0.3 is 0 Å². The number of hydrogen-bond donors (Lipinski definition) is 0. The first-order valence-electron chi connectivity index (χ1n) is 5.65. The highest BCUT2D eigenvalue weighted by molar-refractivity contribution is 5.13. The van der Waals surface area contributed by atoms with Gasteiger partial charge in [-0.15, -0.1) is 6.58 Å². The molecule has 0 N–H and O–H groups in total. The summed E-state index contributed by atoms with van der Waals surface area (Å²) in [6.45, 7) is 14.0. The normalized spacial score (nSPS) is 12.7. The van der Waals surface area contributed by atoms with E-state index in [0.29, 0.717) is 0 Å². The van der Waals surface area contributed by atoms with Gasteiger partial charge < -0.3 is 0 Å². The third kappa shape index (κ3) is 9.27. The molecule has 0 bridgehead atoms. The van der Waals surface area contributed by atoms with Crippen molar-refractivity contribution < 1.29 is 0 Å². The van der Waals surface area contributed by atoms with Gasteiger partial charge in [-0.3, -0.25) is 0 Å². The lowest BCUT2D eigenvalue weighted by molar-refractivity contribution is 0.922. The lowest BCUT2D eigenvalue weighted by Crippen LogP contribution is -1.79. The maximum atomic E-state index is 3.90. The molecule has 0 heterocycles. The topological polar surface area (TPSA) is 0 Å². The van der Waals surface area contributed by atoms with Crippen molar-refractivity contribution in [1.82, 2.24) is 0 Å². The van der Waals surface area contributed by atoms with E-state index in [1.807, 2.05) is 6.08 Å². The largest absolute Gasteiger partial charge is 0.100 e. The molecule has 0 spiro atoms. The van der Waals surface area contributed by atoms with Crippen LogP contribution in [0, 0.1) is 0 Å². The van der Waals surface area contributed by atoms with Crippen LogP contribution in [0.3, 0.4) is 0 Å². The number of rotatable bonds is 7. The van der Waals surface area contributed by atoms with E-state index in [9.17, 15) is 0 Å². The minimum Gasteiger partial charge on any atom is -0.100 e. The summed E-state index contributed by atoms with van der Waals surface area (Å²) < 4.78 is 0. The predicted octanol–water partition coefficient (Wildman–Crippen LogP) is 5.20. The van der Waals surface area contributed by atoms with Gasteiger partial charge in [0.15, 0.2) is 0 Å². The van der Waals surface area contributed by atoms with E-state index >= 15 is 0 Å². The molecule has 0 radical (unpaired) electrons. The highest BCUT2D eigenvalue weighted by Gasteiger charge is 1.90. The highest BCUT2D eigenvalue weighted by atomic mass is 14.0. The molecule has 0 aromatic carbocycles. The summed E-state index contributed by atoms with van der Waals surface area (Å²) in [4.78, 5) is 0. The van der Waals surface area contributed by atoms with E-state index in [2.05, 4.69) is 46.1 Å². The maximum absolute atomic E-state index is 3.90. The van der Waals surface area contributed by atoms with Crippen LogP contribution in [0.2, 0.25) is 0 Å². The smallest absolute Gasteiger partial charge is 0.0288 e. The van der Waals surface area contributed by atoms with Crippen LogP contribution in [-0.2, 0) is 0 Å². The average molecular weight is 204 g/mol. The van der Waals surface area contributed by atoms with Crippen molar-refractivity contribution in [2.45, 2.75) is 46.5 Å². The standard InChI is InChI=1S/C15H24/c1-6-14(4)10-8-12-15(5)11-7-9-13(2)3/h6,10-11H,1-2,7-9,12H2,3-5H3. The SMILES string of the molecule is C=CC(C)=CCCC(C)=CCCC(=C)C. The molecule has 0 heteroatoms. The molecular weight excluding hydrogens is 180 g/mol. The van der Waals surface area contributed by atoms with Crippen molar-refractivity contribution in [2.24, 2.45) is 0 Å². The molecule has 0 amide bonds. The summed E-state index contributed by atoms with van der Waals surface area (Å²) in [6.07, 6.45) is 11.0. The van der Waals surface area contributed by atoms with E-state index in [4.69, 9.17) is 0 Å². The fourth-order valence-corrected chi connectivity index (χ4v) is 1.28. The molecule has 0 fully saturated rings. The Labute approximate surface area is 95.1 Å². The first kappa shape index (κ1) is 14.0. The van der Waals surface area contributed by atoms with Crippen LogP contribution < -0.4 is 0 Å². The third-order valence-electron chi connectivity index (χ3n) is 2.39. The molecule has 0 saturated carbocycles. The Bertz CT molecular complexity index is 264. The molecule has 0 aliphatic carbocycles. The Morgan fingerprint density at radius 2 is 1.60 bits per heavy atom. The van der Waals surface area contributed by atoms with Gasteiger partial charge in [0.05, 0.1) is 0 Å². The zero-order valence-corrected chi connectivity index (χ0v) is 10.5. The average Bonchev–Trinajstić information content (AvgIpc) is 2.17. The summed E-state index contributed by atoms with van der Waals surface area (Å²) >= 11 is 0. The van der Waals surface area contributed by atoms with Crippen molar-refractivity contribution in [2.75, 3.05) is 0 Å². The van der Waals surface area contributed by atoms with Gasteiger partial charge in [0.1, 0.15) is 0 Å². The molecule has 84 valence electrons. The van der Waals surface area contributed by atoms with Crippen molar-refractivity contribution in [3.63, 3.8) is 0 Å². The third-order valence-corrected chi connectivity index (χ3v) is 2.39. The van der Waals surface area contributed by atoms with Crippen LogP contribution in [0.25, 0.3) is 0 Å². The fourth-order valence-electron chi connectivity index (χ4n) is 1.28. The Kier molecular flexibility index (Phi) is 7.71. The summed E-state index contributed by atoms with van der Waals surface area (Å²) in [5.74, 6) is 0. The molecule has 0 aromatic heterocycles. The zero-order valence-electron chi connectivity index (χ0n) is 10.5. The number of allylic oxidation sites excluding steroid dienone is 6. The Balaban J connectivity index is 3.77. The Hall–Kier alpha value is -1.04. The van der Waals surface area contributed by atoms with Crippen molar-refractivity contribution in [1.29, 1.82) is 0 Å². The molecule has 0 aliphatic rings. The Morgan fingerprint density at radius 1 is 1.00 bits per heavy atom. The van der Waals surface area contributed by atoms with Crippen molar-refractivity contribution in [3.8, 4) is 0 Å². The van der Waals surface area contributed by atoms with Gasteiger partial charge in [-0.2, -0.15) is 0 Å². The first-order chi connectivity index (χ1) is 7.06. The lowest BCUT2D eigenvalue weighted by atomic mass is 10.1. The fraction of sp³-hybridized carbons (Fsp3) is 0.467. The van der Waals surface area contributed by atoms with Gasteiger partial charge in [0.25, 0.3) is 0 Å². The van der Waals surface area contributed by atoms with Crippen LogP contribution in [0.15, 0.2) is 48.1 Å². The second-order valence-electron chi connectivity index (χ2n) is 4.24. The molecule has 15 heavy (non-hydrogen) atoms. The van der Waals surface area contributed by atoms with E-state index in [0.717, 1.165) is 25.7 Å². The van der Waals surface area contributed by atoms with Gasteiger partial charge in [-0.05, 0) is 46.5 Å². The minimum atomic E-state index is 1.11. The molecule has 0 nitrogen and oxygen atoms in total. The minimum absolute atomic E-state index is 1.11. The molecule has 0 rings (SSSR count). The second kappa shape index (κ2) is 8.28. The maximum Gasteiger partial charge on any atom is -0.0288 e. The summed E-state index contributed by atoms with van der Waals surface area (Å²) in [5.41, 5.74) is 4.01. The van der Waals surface area contributed by atoms with E-state index < -0.39 is 0 Å². The van der Waals surface area contributed by atoms with Crippen LogP contribution in [0.4, 0.5) is 0 Å². The van der Waals surface area contributed by atoms with Crippen LogP contribution >= 0.6 is 0 Å². The van der Waals surface area contributed by atoms with Crippen LogP contribution in [-0.4, -0.2) is 0 Å². The van der Waals surface area contributed by atoms with Gasteiger partial charge in [-0.25, -0.2) is 0 Å².